The van der Waals surface area contributed by atoms with Crippen LogP contribution in [0.4, 0.5) is 11.4 Å². The summed E-state index contributed by atoms with van der Waals surface area (Å²) in [5.74, 6) is 2.54. The van der Waals surface area contributed by atoms with Crippen molar-refractivity contribution in [3.05, 3.63) is 36.0 Å². The first-order chi connectivity index (χ1) is 16.9. The summed E-state index contributed by atoms with van der Waals surface area (Å²) < 4.78 is 23.3. The average molecular weight is 477 g/mol. The van der Waals surface area contributed by atoms with Crippen LogP contribution in [0.25, 0.3) is 0 Å². The number of aromatic nitrogens is 1. The van der Waals surface area contributed by atoms with Crippen LogP contribution in [0.15, 0.2) is 30.5 Å². The molecular weight excluding hydrogens is 444 g/mol. The van der Waals surface area contributed by atoms with Gasteiger partial charge in [0.1, 0.15) is 33.3 Å². The number of aryl methyl sites for hydroxylation is 1. The molecule has 1 amide bonds. The highest BCUT2D eigenvalue weighted by atomic mass is 16.5. The number of benzene rings is 1. The number of rotatable bonds is 5. The fraction of sp³-hybridized carbons (Fsp3) is 0.520. The van der Waals surface area contributed by atoms with Crippen LogP contribution in [-0.4, -0.2) is 82.9 Å². The molecule has 184 valence electrons. The summed E-state index contributed by atoms with van der Waals surface area (Å²) >= 11 is 0. The van der Waals surface area contributed by atoms with E-state index in [1.54, 1.807) is 7.11 Å². The molecule has 0 bridgehead atoms. The van der Waals surface area contributed by atoms with Crippen molar-refractivity contribution >= 4 is 33.0 Å². The maximum absolute atomic E-state index is 12.9. The number of methoxy groups -OCH3 is 1. The Morgan fingerprint density at radius 2 is 2.00 bits per heavy atom. The molecule has 1 atom stereocenters. The molecule has 0 saturated carbocycles. The summed E-state index contributed by atoms with van der Waals surface area (Å²) in [6, 6.07) is 8.05. The Labute approximate surface area is 208 Å². The number of amides is 1. The van der Waals surface area contributed by atoms with Crippen molar-refractivity contribution in [2.24, 2.45) is 5.92 Å². The minimum atomic E-state index is -0.283. The third-order valence-electron chi connectivity index (χ3n) is 7.15. The summed E-state index contributed by atoms with van der Waals surface area (Å²) in [6.07, 6.45) is 4.29. The molecule has 0 radical (unpaired) electrons. The monoisotopic (exact) mass is 477 g/mol. The number of pyridine rings is 1. The van der Waals surface area contributed by atoms with Gasteiger partial charge in [-0.2, -0.15) is 0 Å². The van der Waals surface area contributed by atoms with Gasteiger partial charge < -0.3 is 28.7 Å². The summed E-state index contributed by atoms with van der Waals surface area (Å²) in [5, 5.41) is -0.283. The maximum Gasteiger partial charge on any atom is 0.225 e. The second kappa shape index (κ2) is 9.64. The zero-order valence-corrected chi connectivity index (χ0v) is 21.1. The van der Waals surface area contributed by atoms with Crippen LogP contribution in [0.5, 0.6) is 17.4 Å². The number of carbonyl (C=O) groups excluding carboxylic acids is 1. The lowest BCUT2D eigenvalue weighted by molar-refractivity contribution is -0.137. The fourth-order valence-electron chi connectivity index (χ4n) is 5.30. The molecule has 4 heterocycles. The van der Waals surface area contributed by atoms with Crippen LogP contribution in [0.3, 0.4) is 0 Å². The second-order valence-corrected chi connectivity index (χ2v) is 10.3. The molecule has 2 aromatic rings. The average Bonchev–Trinajstić information content (AvgIpc) is 3.32. The second-order valence-electron chi connectivity index (χ2n) is 10.3. The SMILES string of the molecule is BC1(B)COc2ccc(O[C@H]3CCN(C(=O)C4CCOCC4)C3)cc2N1c1cnc(OC)c(C)c1. The first kappa shape index (κ1) is 23.9. The van der Waals surface area contributed by atoms with Crippen molar-refractivity contribution in [2.45, 2.75) is 37.6 Å². The van der Waals surface area contributed by atoms with Crippen molar-refractivity contribution in [1.29, 1.82) is 0 Å². The molecule has 5 rings (SSSR count). The van der Waals surface area contributed by atoms with Gasteiger partial charge in [0.05, 0.1) is 37.8 Å². The third kappa shape index (κ3) is 4.81. The number of likely N-dealkylation sites (tertiary alicyclic amines) is 1. The third-order valence-corrected chi connectivity index (χ3v) is 7.15. The van der Waals surface area contributed by atoms with Crippen LogP contribution in [0.1, 0.15) is 24.8 Å². The van der Waals surface area contributed by atoms with Gasteiger partial charge in [0, 0.05) is 49.1 Å². The smallest absolute Gasteiger partial charge is 0.225 e. The number of fused-ring (bicyclic) bond motifs is 1. The molecule has 1 aromatic heterocycles. The van der Waals surface area contributed by atoms with Crippen molar-refractivity contribution in [1.82, 2.24) is 9.88 Å². The predicted molar refractivity (Wildman–Crippen MR) is 139 cm³/mol. The van der Waals surface area contributed by atoms with Gasteiger partial charge in [-0.25, -0.2) is 4.98 Å². The van der Waals surface area contributed by atoms with Gasteiger partial charge in [-0.3, -0.25) is 4.79 Å². The van der Waals surface area contributed by atoms with E-state index >= 15 is 0 Å². The van der Waals surface area contributed by atoms with Gasteiger partial charge in [0.25, 0.3) is 0 Å². The molecule has 35 heavy (non-hydrogen) atoms. The standard InChI is InChI=1S/C25H33B2N3O5/c1-16-11-18(13-28-23(16)32-2)30-21-12-19(3-4-22(21)34-15-25(30,26)27)35-20-5-8-29(14-20)24(31)17-6-9-33-10-7-17/h3-4,11-13,17,20H,5-10,14-15,26-27H2,1-2H3/t20-/m0/s1. The number of ether oxygens (including phenoxy) is 4. The number of hydrogen-bond donors (Lipinski definition) is 0. The van der Waals surface area contributed by atoms with Gasteiger partial charge in [-0.1, -0.05) is 0 Å². The van der Waals surface area contributed by atoms with Crippen LogP contribution in [-0.2, 0) is 9.53 Å². The normalized spacial score (nSPS) is 21.8. The molecular formula is C25H33B2N3O5. The lowest BCUT2D eigenvalue weighted by Crippen LogP contribution is -2.54. The Morgan fingerprint density at radius 3 is 2.74 bits per heavy atom. The first-order valence-corrected chi connectivity index (χ1v) is 12.5. The van der Waals surface area contributed by atoms with E-state index in [1.807, 2.05) is 36.2 Å². The number of hydrogen-bond acceptors (Lipinski definition) is 7. The summed E-state index contributed by atoms with van der Waals surface area (Å²) in [6.45, 7) is 5.27. The number of carbonyl (C=O) groups is 1. The Morgan fingerprint density at radius 1 is 1.20 bits per heavy atom. The van der Waals surface area contributed by atoms with Gasteiger partial charge in [0.15, 0.2) is 0 Å². The minimum absolute atomic E-state index is 0.0206. The predicted octanol–water partition coefficient (Wildman–Crippen LogP) is 1.26. The zero-order chi connectivity index (χ0) is 24.6. The van der Waals surface area contributed by atoms with Crippen molar-refractivity contribution in [2.75, 3.05) is 44.9 Å². The Bertz CT molecular complexity index is 1090. The number of nitrogens with zero attached hydrogens (tertiary/aromatic N) is 3. The summed E-state index contributed by atoms with van der Waals surface area (Å²) in [7, 11) is 5.94. The molecule has 0 aliphatic carbocycles. The van der Waals surface area contributed by atoms with E-state index in [1.165, 1.54) is 0 Å². The summed E-state index contributed by atoms with van der Waals surface area (Å²) in [4.78, 5) is 21.6. The van der Waals surface area contributed by atoms with Crippen LogP contribution >= 0.6 is 0 Å². The Kier molecular flexibility index (Phi) is 6.57. The van der Waals surface area contributed by atoms with Gasteiger partial charge in [0.2, 0.25) is 11.8 Å². The zero-order valence-electron chi connectivity index (χ0n) is 21.1. The topological polar surface area (TPSA) is 73.4 Å². The lowest BCUT2D eigenvalue weighted by Gasteiger charge is -2.45. The highest BCUT2D eigenvalue weighted by molar-refractivity contribution is 6.43. The minimum Gasteiger partial charge on any atom is -0.491 e. The fourth-order valence-corrected chi connectivity index (χ4v) is 5.30. The van der Waals surface area contributed by atoms with Crippen molar-refractivity contribution in [3.8, 4) is 17.4 Å². The van der Waals surface area contributed by atoms with E-state index in [4.69, 9.17) is 18.9 Å². The van der Waals surface area contributed by atoms with E-state index in [2.05, 4.69) is 31.6 Å². The van der Waals surface area contributed by atoms with Crippen LogP contribution in [0.2, 0.25) is 0 Å². The Hall–Kier alpha value is -2.87. The van der Waals surface area contributed by atoms with Crippen molar-refractivity contribution in [3.63, 3.8) is 0 Å². The largest absolute Gasteiger partial charge is 0.491 e. The molecule has 0 spiro atoms. The highest BCUT2D eigenvalue weighted by Crippen LogP contribution is 2.44. The molecule has 3 aliphatic rings. The van der Waals surface area contributed by atoms with E-state index in [9.17, 15) is 4.79 Å². The van der Waals surface area contributed by atoms with E-state index in [0.29, 0.717) is 32.2 Å². The molecule has 1 aromatic carbocycles. The molecule has 10 heteroatoms. The van der Waals surface area contributed by atoms with Crippen LogP contribution in [0, 0.1) is 12.8 Å². The Balaban J connectivity index is 1.34. The number of anilines is 2. The lowest BCUT2D eigenvalue weighted by atomic mass is 9.60. The first-order valence-electron chi connectivity index (χ1n) is 12.5. The van der Waals surface area contributed by atoms with Crippen molar-refractivity contribution < 1.29 is 23.7 Å². The van der Waals surface area contributed by atoms with E-state index < -0.39 is 0 Å². The molecule has 2 fully saturated rings. The highest BCUT2D eigenvalue weighted by Gasteiger charge is 2.37. The maximum atomic E-state index is 12.9. The van der Waals surface area contributed by atoms with Crippen LogP contribution < -0.4 is 19.1 Å². The van der Waals surface area contributed by atoms with Gasteiger partial charge in [-0.05, 0) is 38.0 Å². The molecule has 8 nitrogen and oxygen atoms in total. The van der Waals surface area contributed by atoms with E-state index in [-0.39, 0.29) is 23.3 Å². The quantitative estimate of drug-likeness (QED) is 0.601. The van der Waals surface area contributed by atoms with Gasteiger partial charge in [-0.15, -0.1) is 0 Å². The molecule has 3 aliphatic heterocycles. The molecule has 2 saturated heterocycles. The van der Waals surface area contributed by atoms with Gasteiger partial charge >= 0.3 is 0 Å². The summed E-state index contributed by atoms with van der Waals surface area (Å²) in [5.41, 5.74) is 2.89. The molecule has 0 unspecified atom stereocenters. The van der Waals surface area contributed by atoms with E-state index in [0.717, 1.165) is 54.2 Å². The molecule has 0 N–H and O–H groups in total.